The van der Waals surface area contributed by atoms with Gasteiger partial charge in [0.1, 0.15) is 17.4 Å². The summed E-state index contributed by atoms with van der Waals surface area (Å²) in [6.45, 7) is 0. The van der Waals surface area contributed by atoms with E-state index in [0.717, 1.165) is 0 Å². The first kappa shape index (κ1) is 14.3. The number of rotatable bonds is 4. The highest BCUT2D eigenvalue weighted by Crippen LogP contribution is 2.26. The number of nitrogens with zero attached hydrogens (tertiary/aromatic N) is 3. The van der Waals surface area contributed by atoms with Crippen molar-refractivity contribution >= 4 is 23.2 Å². The molecule has 1 aromatic carbocycles. The summed E-state index contributed by atoms with van der Waals surface area (Å²) in [5.74, 6) is 1.03. The van der Waals surface area contributed by atoms with Gasteiger partial charge in [0, 0.05) is 23.9 Å². The Morgan fingerprint density at radius 2 is 2.09 bits per heavy atom. The van der Waals surface area contributed by atoms with Crippen LogP contribution in [0.25, 0.3) is 11.3 Å². The molecule has 0 saturated heterocycles. The molecule has 2 N–H and O–H groups in total. The first-order valence-electron chi connectivity index (χ1n) is 6.30. The Balaban J connectivity index is 1.84. The number of hydrogen-bond acceptors (Lipinski definition) is 5. The van der Waals surface area contributed by atoms with Crippen LogP contribution in [-0.2, 0) is 0 Å². The summed E-state index contributed by atoms with van der Waals surface area (Å²) in [6, 6.07) is 7.92. The Labute approximate surface area is 130 Å². The van der Waals surface area contributed by atoms with Crippen LogP contribution in [-0.4, -0.2) is 27.3 Å². The lowest BCUT2D eigenvalue weighted by Crippen LogP contribution is -1.94. The topological polar surface area (TPSA) is 75.7 Å². The second-order valence-electron chi connectivity index (χ2n) is 4.35. The van der Waals surface area contributed by atoms with Crippen LogP contribution in [0.5, 0.6) is 5.75 Å². The SMILES string of the molecule is COc1ccc(-c2cc(Nc3ccnc(Cl)n3)n[nH]2)c(F)c1. The molecule has 3 rings (SSSR count). The third-order valence-corrected chi connectivity index (χ3v) is 3.11. The van der Waals surface area contributed by atoms with Crippen molar-refractivity contribution in [2.24, 2.45) is 0 Å². The van der Waals surface area contributed by atoms with Crippen molar-refractivity contribution in [2.75, 3.05) is 12.4 Å². The lowest BCUT2D eigenvalue weighted by Gasteiger charge is -2.03. The maximum atomic E-state index is 14.0. The molecule has 0 radical (unpaired) electrons. The predicted octanol–water partition coefficient (Wildman–Crippen LogP) is 3.41. The highest BCUT2D eigenvalue weighted by molar-refractivity contribution is 6.28. The van der Waals surface area contributed by atoms with Crippen LogP contribution in [0.2, 0.25) is 5.28 Å². The smallest absolute Gasteiger partial charge is 0.224 e. The molecule has 112 valence electrons. The third-order valence-electron chi connectivity index (χ3n) is 2.93. The molecular formula is C14H11ClFN5O. The number of benzene rings is 1. The molecule has 6 nitrogen and oxygen atoms in total. The first-order chi connectivity index (χ1) is 10.7. The van der Waals surface area contributed by atoms with Gasteiger partial charge in [-0.05, 0) is 29.8 Å². The number of hydrogen-bond donors (Lipinski definition) is 2. The monoisotopic (exact) mass is 319 g/mol. The zero-order valence-corrected chi connectivity index (χ0v) is 12.2. The Hall–Kier alpha value is -2.67. The number of nitrogens with one attached hydrogen (secondary N) is 2. The number of aromatic nitrogens is 4. The van der Waals surface area contributed by atoms with Crippen molar-refractivity contribution < 1.29 is 9.13 Å². The lowest BCUT2D eigenvalue weighted by molar-refractivity contribution is 0.411. The molecule has 0 aliphatic rings. The van der Waals surface area contributed by atoms with Gasteiger partial charge in [-0.25, -0.2) is 14.4 Å². The van der Waals surface area contributed by atoms with Crippen molar-refractivity contribution in [1.29, 1.82) is 0 Å². The number of anilines is 2. The van der Waals surface area contributed by atoms with Crippen molar-refractivity contribution in [3.63, 3.8) is 0 Å². The summed E-state index contributed by atoms with van der Waals surface area (Å²) in [4.78, 5) is 7.78. The third kappa shape index (κ3) is 2.99. The Bertz CT molecular complexity index is 807. The lowest BCUT2D eigenvalue weighted by atomic mass is 10.1. The van der Waals surface area contributed by atoms with E-state index in [1.54, 1.807) is 24.3 Å². The van der Waals surface area contributed by atoms with Crippen molar-refractivity contribution in [1.82, 2.24) is 20.2 Å². The van der Waals surface area contributed by atoms with Gasteiger partial charge in [-0.15, -0.1) is 0 Å². The molecule has 2 aromatic heterocycles. The molecule has 0 unspecified atom stereocenters. The van der Waals surface area contributed by atoms with E-state index in [4.69, 9.17) is 16.3 Å². The number of H-pyrrole nitrogens is 1. The standard InChI is InChI=1S/C14H11ClFN5O/c1-22-8-2-3-9(10(16)6-8)11-7-13(21-20-11)18-12-4-5-17-14(15)19-12/h2-7H,1H3,(H2,17,18,19,20,21). The maximum Gasteiger partial charge on any atom is 0.224 e. The van der Waals surface area contributed by atoms with E-state index in [1.165, 1.54) is 19.4 Å². The molecule has 0 atom stereocenters. The normalized spacial score (nSPS) is 10.5. The van der Waals surface area contributed by atoms with E-state index >= 15 is 0 Å². The van der Waals surface area contributed by atoms with Crippen LogP contribution >= 0.6 is 11.6 Å². The molecule has 22 heavy (non-hydrogen) atoms. The number of ether oxygens (including phenoxy) is 1. The Kier molecular flexibility index (Phi) is 3.88. The fourth-order valence-electron chi connectivity index (χ4n) is 1.90. The quantitative estimate of drug-likeness (QED) is 0.721. The van der Waals surface area contributed by atoms with Gasteiger partial charge in [0.25, 0.3) is 0 Å². The molecule has 0 aliphatic carbocycles. The molecule has 8 heteroatoms. The largest absolute Gasteiger partial charge is 0.497 e. The van der Waals surface area contributed by atoms with Crippen LogP contribution in [0.3, 0.4) is 0 Å². The maximum absolute atomic E-state index is 14.0. The van der Waals surface area contributed by atoms with Gasteiger partial charge in [0.2, 0.25) is 5.28 Å². The molecule has 0 bridgehead atoms. The zero-order valence-electron chi connectivity index (χ0n) is 11.5. The molecule has 0 saturated carbocycles. The highest BCUT2D eigenvalue weighted by Gasteiger charge is 2.10. The molecule has 2 heterocycles. The van der Waals surface area contributed by atoms with Crippen molar-refractivity contribution in [2.45, 2.75) is 0 Å². The molecule has 0 aliphatic heterocycles. The van der Waals surface area contributed by atoms with E-state index in [9.17, 15) is 4.39 Å². The van der Waals surface area contributed by atoms with Gasteiger partial charge in [0.15, 0.2) is 5.82 Å². The van der Waals surface area contributed by atoms with Gasteiger partial charge in [0.05, 0.1) is 12.8 Å². The zero-order chi connectivity index (χ0) is 15.5. The van der Waals surface area contributed by atoms with Crippen molar-refractivity contribution in [3.8, 4) is 17.0 Å². The second kappa shape index (κ2) is 5.98. The van der Waals surface area contributed by atoms with Crippen LogP contribution in [0.1, 0.15) is 0 Å². The summed E-state index contributed by atoms with van der Waals surface area (Å²) in [6.07, 6.45) is 1.52. The van der Waals surface area contributed by atoms with E-state index in [0.29, 0.717) is 28.6 Å². The summed E-state index contributed by atoms with van der Waals surface area (Å²) in [5.41, 5.74) is 0.921. The molecule has 0 fully saturated rings. The highest BCUT2D eigenvalue weighted by atomic mass is 35.5. The summed E-state index contributed by atoms with van der Waals surface area (Å²) in [5, 5.41) is 9.91. The molecular weight excluding hydrogens is 309 g/mol. The van der Waals surface area contributed by atoms with Gasteiger partial charge < -0.3 is 10.1 Å². The Morgan fingerprint density at radius 3 is 2.82 bits per heavy atom. The minimum absolute atomic E-state index is 0.127. The minimum atomic E-state index is -0.403. The summed E-state index contributed by atoms with van der Waals surface area (Å²) >= 11 is 5.71. The van der Waals surface area contributed by atoms with Gasteiger partial charge in [-0.1, -0.05) is 0 Å². The van der Waals surface area contributed by atoms with Crippen LogP contribution < -0.4 is 10.1 Å². The average molecular weight is 320 g/mol. The van der Waals surface area contributed by atoms with E-state index in [1.807, 2.05) is 0 Å². The molecule has 0 spiro atoms. The fourth-order valence-corrected chi connectivity index (χ4v) is 2.05. The molecule has 0 amide bonds. The van der Waals surface area contributed by atoms with Gasteiger partial charge in [-0.3, -0.25) is 5.10 Å². The van der Waals surface area contributed by atoms with Crippen LogP contribution in [0.4, 0.5) is 16.0 Å². The van der Waals surface area contributed by atoms with Crippen LogP contribution in [0, 0.1) is 5.82 Å². The second-order valence-corrected chi connectivity index (χ2v) is 4.69. The average Bonchev–Trinajstić information content (AvgIpc) is 2.95. The van der Waals surface area contributed by atoms with Gasteiger partial charge in [-0.2, -0.15) is 5.10 Å². The summed E-state index contributed by atoms with van der Waals surface area (Å²) < 4.78 is 19.0. The fraction of sp³-hybridized carbons (Fsp3) is 0.0714. The van der Waals surface area contributed by atoms with Crippen LogP contribution in [0.15, 0.2) is 36.5 Å². The number of aromatic amines is 1. The van der Waals surface area contributed by atoms with E-state index in [-0.39, 0.29) is 5.28 Å². The molecule has 3 aromatic rings. The van der Waals surface area contributed by atoms with E-state index in [2.05, 4.69) is 25.5 Å². The minimum Gasteiger partial charge on any atom is -0.497 e. The predicted molar refractivity (Wildman–Crippen MR) is 80.9 cm³/mol. The summed E-state index contributed by atoms with van der Waals surface area (Å²) in [7, 11) is 1.49. The Morgan fingerprint density at radius 1 is 1.23 bits per heavy atom. The van der Waals surface area contributed by atoms with Gasteiger partial charge >= 0.3 is 0 Å². The van der Waals surface area contributed by atoms with E-state index < -0.39 is 5.82 Å². The van der Waals surface area contributed by atoms with Crippen molar-refractivity contribution in [3.05, 3.63) is 47.6 Å². The number of methoxy groups -OCH3 is 1. The number of halogens is 2. The first-order valence-corrected chi connectivity index (χ1v) is 6.68.